The van der Waals surface area contributed by atoms with Crippen LogP contribution >= 0.6 is 15.9 Å². The lowest BCUT2D eigenvalue weighted by Gasteiger charge is -2.04. The van der Waals surface area contributed by atoms with E-state index >= 15 is 0 Å². The van der Waals surface area contributed by atoms with Crippen molar-refractivity contribution in [2.75, 3.05) is 0 Å². The molecule has 0 unspecified atom stereocenters. The average Bonchev–Trinajstić information content (AvgIpc) is 2.23. The fraction of sp³-hybridized carbons (Fsp3) is 0. The Morgan fingerprint density at radius 2 is 1.86 bits per heavy atom. The van der Waals surface area contributed by atoms with Crippen LogP contribution in [0, 0.1) is 0 Å². The van der Waals surface area contributed by atoms with E-state index < -0.39 is 0 Å². The minimum atomic E-state index is -0.0561. The molecule has 0 N–H and O–H groups in total. The highest BCUT2D eigenvalue weighted by Gasteiger charge is 1.98. The third kappa shape index (κ3) is 1.75. The van der Waals surface area contributed by atoms with E-state index in [2.05, 4.69) is 20.9 Å². The SMILES string of the molecule is O=c1ccc(Br)cn1-c1ccncc1. The van der Waals surface area contributed by atoms with Gasteiger partial charge >= 0.3 is 0 Å². The summed E-state index contributed by atoms with van der Waals surface area (Å²) in [5, 5.41) is 0. The number of pyridine rings is 2. The lowest BCUT2D eigenvalue weighted by molar-refractivity contribution is 0.978. The van der Waals surface area contributed by atoms with Gasteiger partial charge in [0.2, 0.25) is 0 Å². The molecule has 3 nitrogen and oxygen atoms in total. The highest BCUT2D eigenvalue weighted by Crippen LogP contribution is 2.09. The van der Waals surface area contributed by atoms with Crippen LogP contribution in [0.25, 0.3) is 5.69 Å². The van der Waals surface area contributed by atoms with E-state index in [1.807, 2.05) is 0 Å². The Hall–Kier alpha value is -1.42. The third-order valence-corrected chi connectivity index (χ3v) is 2.28. The van der Waals surface area contributed by atoms with E-state index in [0.717, 1.165) is 10.2 Å². The van der Waals surface area contributed by atoms with Crippen molar-refractivity contribution >= 4 is 15.9 Å². The molecule has 0 fully saturated rings. The monoisotopic (exact) mass is 250 g/mol. The second-order valence-electron chi connectivity index (χ2n) is 2.76. The maximum atomic E-state index is 11.5. The maximum absolute atomic E-state index is 11.5. The van der Waals surface area contributed by atoms with Gasteiger partial charge in [0, 0.05) is 29.1 Å². The second kappa shape index (κ2) is 3.75. The summed E-state index contributed by atoms with van der Waals surface area (Å²) in [6, 6.07) is 6.81. The Labute approximate surface area is 89.2 Å². The number of aromatic nitrogens is 2. The first-order chi connectivity index (χ1) is 6.77. The summed E-state index contributed by atoms with van der Waals surface area (Å²) in [6.07, 6.45) is 5.04. The van der Waals surface area contributed by atoms with Crippen molar-refractivity contribution in [1.29, 1.82) is 0 Å². The summed E-state index contributed by atoms with van der Waals surface area (Å²) in [5.74, 6) is 0. The fourth-order valence-corrected chi connectivity index (χ4v) is 1.50. The standard InChI is InChI=1S/C10H7BrN2O/c11-8-1-2-10(14)13(7-8)9-3-5-12-6-4-9/h1-7H. The molecule has 0 saturated heterocycles. The Balaban J connectivity index is 2.63. The molecule has 14 heavy (non-hydrogen) atoms. The van der Waals surface area contributed by atoms with Crippen molar-refractivity contribution in [3.05, 3.63) is 57.7 Å². The second-order valence-corrected chi connectivity index (χ2v) is 3.68. The largest absolute Gasteiger partial charge is 0.283 e. The predicted octanol–water partition coefficient (Wildman–Crippen LogP) is 1.99. The average molecular weight is 251 g/mol. The summed E-state index contributed by atoms with van der Waals surface area (Å²) in [7, 11) is 0. The molecule has 2 heterocycles. The molecule has 2 aromatic heterocycles. The van der Waals surface area contributed by atoms with Gasteiger partial charge in [0.05, 0.1) is 5.69 Å². The normalized spacial score (nSPS) is 10.1. The van der Waals surface area contributed by atoms with Crippen LogP contribution < -0.4 is 5.56 Å². The summed E-state index contributed by atoms with van der Waals surface area (Å²) in [4.78, 5) is 15.4. The Morgan fingerprint density at radius 3 is 2.57 bits per heavy atom. The molecule has 70 valence electrons. The van der Waals surface area contributed by atoms with Gasteiger partial charge in [-0.15, -0.1) is 0 Å². The number of nitrogens with zero attached hydrogens (tertiary/aromatic N) is 2. The van der Waals surface area contributed by atoms with Gasteiger partial charge in [-0.05, 0) is 34.1 Å². The summed E-state index contributed by atoms with van der Waals surface area (Å²) < 4.78 is 2.43. The van der Waals surface area contributed by atoms with Gasteiger partial charge in [-0.25, -0.2) is 0 Å². The summed E-state index contributed by atoms with van der Waals surface area (Å²) in [5.41, 5.74) is 0.755. The van der Waals surface area contributed by atoms with Crippen LogP contribution in [-0.2, 0) is 0 Å². The van der Waals surface area contributed by atoms with E-state index in [4.69, 9.17) is 0 Å². The highest BCUT2D eigenvalue weighted by molar-refractivity contribution is 9.10. The quantitative estimate of drug-likeness (QED) is 0.776. The minimum Gasteiger partial charge on any atom is -0.283 e. The zero-order chi connectivity index (χ0) is 9.97. The van der Waals surface area contributed by atoms with Crippen LogP contribution in [0.15, 0.2) is 52.1 Å². The molecule has 0 aliphatic carbocycles. The van der Waals surface area contributed by atoms with Crippen molar-refractivity contribution in [3.63, 3.8) is 0 Å². The topological polar surface area (TPSA) is 34.9 Å². The van der Waals surface area contributed by atoms with E-state index in [0.29, 0.717) is 0 Å². The molecule has 0 amide bonds. The molecule has 0 saturated carbocycles. The zero-order valence-corrected chi connectivity index (χ0v) is 8.81. The molecular weight excluding hydrogens is 244 g/mol. The van der Waals surface area contributed by atoms with Crippen LogP contribution in [0.2, 0.25) is 0 Å². The number of rotatable bonds is 1. The Kier molecular flexibility index (Phi) is 2.45. The molecule has 2 rings (SSSR count). The molecule has 0 atom stereocenters. The molecule has 0 radical (unpaired) electrons. The minimum absolute atomic E-state index is 0.0561. The number of hydrogen-bond acceptors (Lipinski definition) is 2. The Bertz CT molecular complexity index is 493. The van der Waals surface area contributed by atoms with E-state index in [1.165, 1.54) is 6.07 Å². The number of halogens is 1. The fourth-order valence-electron chi connectivity index (χ4n) is 1.17. The van der Waals surface area contributed by atoms with Crippen molar-refractivity contribution in [1.82, 2.24) is 9.55 Å². The van der Waals surface area contributed by atoms with Gasteiger partial charge < -0.3 is 0 Å². The van der Waals surface area contributed by atoms with Gasteiger partial charge in [0.15, 0.2) is 0 Å². The molecule has 0 spiro atoms. The third-order valence-electron chi connectivity index (χ3n) is 1.82. The van der Waals surface area contributed by atoms with Crippen LogP contribution in [0.1, 0.15) is 0 Å². The van der Waals surface area contributed by atoms with Crippen molar-refractivity contribution in [3.8, 4) is 5.69 Å². The first-order valence-corrected chi connectivity index (χ1v) is 4.85. The van der Waals surface area contributed by atoms with Gasteiger partial charge in [-0.1, -0.05) is 0 Å². The molecule has 0 bridgehead atoms. The molecular formula is C10H7BrN2O. The van der Waals surface area contributed by atoms with Gasteiger partial charge in [-0.2, -0.15) is 0 Å². The summed E-state index contributed by atoms with van der Waals surface area (Å²) >= 11 is 3.32. The van der Waals surface area contributed by atoms with Gasteiger partial charge in [0.1, 0.15) is 0 Å². The first-order valence-electron chi connectivity index (χ1n) is 4.06. The molecule has 0 aliphatic rings. The molecule has 0 aliphatic heterocycles. The van der Waals surface area contributed by atoms with Crippen LogP contribution in [0.5, 0.6) is 0 Å². The first kappa shape index (κ1) is 9.15. The van der Waals surface area contributed by atoms with Crippen LogP contribution in [0.4, 0.5) is 0 Å². The van der Waals surface area contributed by atoms with Crippen LogP contribution in [0.3, 0.4) is 0 Å². The lowest BCUT2D eigenvalue weighted by atomic mass is 10.4. The van der Waals surface area contributed by atoms with Gasteiger partial charge in [-0.3, -0.25) is 14.3 Å². The highest BCUT2D eigenvalue weighted by atomic mass is 79.9. The lowest BCUT2D eigenvalue weighted by Crippen LogP contribution is -2.15. The summed E-state index contributed by atoms with van der Waals surface area (Å²) in [6.45, 7) is 0. The van der Waals surface area contributed by atoms with Crippen molar-refractivity contribution < 1.29 is 0 Å². The molecule has 0 aromatic carbocycles. The van der Waals surface area contributed by atoms with E-state index in [1.54, 1.807) is 41.4 Å². The molecule has 2 aromatic rings. The smallest absolute Gasteiger partial charge is 0.255 e. The Morgan fingerprint density at radius 1 is 1.14 bits per heavy atom. The van der Waals surface area contributed by atoms with Crippen molar-refractivity contribution in [2.45, 2.75) is 0 Å². The van der Waals surface area contributed by atoms with Crippen molar-refractivity contribution in [2.24, 2.45) is 0 Å². The number of hydrogen-bond donors (Lipinski definition) is 0. The van der Waals surface area contributed by atoms with E-state index in [-0.39, 0.29) is 5.56 Å². The maximum Gasteiger partial charge on any atom is 0.255 e. The molecule has 4 heteroatoms. The van der Waals surface area contributed by atoms with Crippen LogP contribution in [-0.4, -0.2) is 9.55 Å². The predicted molar refractivity (Wildman–Crippen MR) is 57.5 cm³/mol. The zero-order valence-electron chi connectivity index (χ0n) is 7.22. The van der Waals surface area contributed by atoms with E-state index in [9.17, 15) is 4.79 Å². The van der Waals surface area contributed by atoms with Gasteiger partial charge in [0.25, 0.3) is 5.56 Å².